The van der Waals surface area contributed by atoms with Crippen LogP contribution in [0.3, 0.4) is 0 Å². The van der Waals surface area contributed by atoms with Gasteiger partial charge in [0, 0.05) is 17.6 Å². The van der Waals surface area contributed by atoms with E-state index < -0.39 is 0 Å². The van der Waals surface area contributed by atoms with Crippen molar-refractivity contribution in [1.29, 1.82) is 0 Å². The quantitative estimate of drug-likeness (QED) is 0.285. The summed E-state index contributed by atoms with van der Waals surface area (Å²) in [5, 5.41) is 7.60. The first-order valence-electron chi connectivity index (χ1n) is 8.27. The summed E-state index contributed by atoms with van der Waals surface area (Å²) in [6.45, 7) is 6.06. The molecular weight excluding hydrogens is 459 g/mol. The number of thiazole rings is 1. The van der Waals surface area contributed by atoms with E-state index in [1.807, 2.05) is 37.5 Å². The Bertz CT molecular complexity index is 827. The molecule has 3 N–H and O–H groups in total. The molecule has 0 fully saturated rings. The average Bonchev–Trinajstić information content (AvgIpc) is 3.27. The molecule has 0 atom stereocenters. The molecule has 3 rings (SSSR count). The number of aromatic nitrogens is 3. The first-order valence-corrected chi connectivity index (χ1v) is 9.09. The Kier molecular flexibility index (Phi) is 8.05. The summed E-state index contributed by atoms with van der Waals surface area (Å²) < 4.78 is 0. The number of benzene rings is 1. The summed E-state index contributed by atoms with van der Waals surface area (Å²) in [4.78, 5) is 17.9. The van der Waals surface area contributed by atoms with Crippen LogP contribution < -0.4 is 10.6 Å². The minimum absolute atomic E-state index is 0. The van der Waals surface area contributed by atoms with Crippen LogP contribution >= 0.6 is 35.3 Å². The van der Waals surface area contributed by atoms with E-state index in [2.05, 4.69) is 49.6 Å². The molecule has 0 saturated heterocycles. The van der Waals surface area contributed by atoms with Crippen LogP contribution in [-0.4, -0.2) is 27.5 Å². The van der Waals surface area contributed by atoms with Crippen LogP contribution in [0.4, 0.5) is 0 Å². The molecular formula is C18H23IN6S. The molecule has 3 aromatic rings. The SMILES string of the molecule is CCNC(=NCc1ncc(-c2ccccc2)[nH]1)NCc1ncc(C)s1.I. The predicted molar refractivity (Wildman–Crippen MR) is 118 cm³/mol. The average molecular weight is 482 g/mol. The van der Waals surface area contributed by atoms with Crippen molar-refractivity contribution in [3.05, 3.63) is 58.4 Å². The van der Waals surface area contributed by atoms with Crippen LogP contribution in [0.5, 0.6) is 0 Å². The third kappa shape index (κ3) is 5.80. The van der Waals surface area contributed by atoms with Crippen LogP contribution in [0.25, 0.3) is 11.3 Å². The normalized spacial score (nSPS) is 11.1. The smallest absolute Gasteiger partial charge is 0.192 e. The first-order chi connectivity index (χ1) is 12.2. The van der Waals surface area contributed by atoms with Crippen molar-refractivity contribution >= 4 is 41.3 Å². The lowest BCUT2D eigenvalue weighted by Crippen LogP contribution is -2.36. The Morgan fingerprint density at radius 3 is 2.65 bits per heavy atom. The number of halogens is 1. The fraction of sp³-hybridized carbons (Fsp3) is 0.278. The lowest BCUT2D eigenvalue weighted by Gasteiger charge is -2.09. The van der Waals surface area contributed by atoms with E-state index in [1.165, 1.54) is 4.88 Å². The Balaban J connectivity index is 0.00000243. The summed E-state index contributed by atoms with van der Waals surface area (Å²) in [6, 6.07) is 10.1. The Morgan fingerprint density at radius 1 is 1.15 bits per heavy atom. The molecule has 8 heteroatoms. The van der Waals surface area contributed by atoms with Crippen molar-refractivity contribution in [3.63, 3.8) is 0 Å². The number of hydrogen-bond donors (Lipinski definition) is 3. The number of hydrogen-bond acceptors (Lipinski definition) is 4. The molecule has 0 aliphatic heterocycles. The van der Waals surface area contributed by atoms with Gasteiger partial charge in [0.2, 0.25) is 0 Å². The number of H-pyrrole nitrogens is 1. The highest BCUT2D eigenvalue weighted by Gasteiger charge is 2.04. The van der Waals surface area contributed by atoms with Crippen LogP contribution in [0.2, 0.25) is 0 Å². The van der Waals surface area contributed by atoms with Gasteiger partial charge in [-0.2, -0.15) is 0 Å². The maximum absolute atomic E-state index is 4.59. The van der Waals surface area contributed by atoms with Crippen LogP contribution in [-0.2, 0) is 13.1 Å². The van der Waals surface area contributed by atoms with Crippen molar-refractivity contribution < 1.29 is 0 Å². The first kappa shape index (κ1) is 20.4. The molecule has 0 radical (unpaired) electrons. The van der Waals surface area contributed by atoms with Gasteiger partial charge in [0.05, 0.1) is 18.4 Å². The van der Waals surface area contributed by atoms with Crippen molar-refractivity contribution in [2.45, 2.75) is 26.9 Å². The van der Waals surface area contributed by atoms with Gasteiger partial charge in [0.25, 0.3) is 0 Å². The fourth-order valence-electron chi connectivity index (χ4n) is 2.35. The van der Waals surface area contributed by atoms with Gasteiger partial charge in [0.1, 0.15) is 17.4 Å². The van der Waals surface area contributed by atoms with Gasteiger partial charge in [-0.25, -0.2) is 15.0 Å². The van der Waals surface area contributed by atoms with Crippen molar-refractivity contribution in [3.8, 4) is 11.3 Å². The largest absolute Gasteiger partial charge is 0.357 e. The van der Waals surface area contributed by atoms with Crippen molar-refractivity contribution in [2.24, 2.45) is 4.99 Å². The summed E-state index contributed by atoms with van der Waals surface area (Å²) in [5.41, 5.74) is 2.12. The van der Waals surface area contributed by atoms with Gasteiger partial charge in [-0.1, -0.05) is 30.3 Å². The van der Waals surface area contributed by atoms with Crippen LogP contribution in [0, 0.1) is 6.92 Å². The molecule has 2 aromatic heterocycles. The van der Waals surface area contributed by atoms with Gasteiger partial charge in [-0.15, -0.1) is 35.3 Å². The van der Waals surface area contributed by atoms with Gasteiger partial charge in [-0.05, 0) is 19.4 Å². The maximum Gasteiger partial charge on any atom is 0.192 e. The van der Waals surface area contributed by atoms with Gasteiger partial charge in [-0.3, -0.25) is 0 Å². The lowest BCUT2D eigenvalue weighted by atomic mass is 10.2. The lowest BCUT2D eigenvalue weighted by molar-refractivity contribution is 0.804. The summed E-state index contributed by atoms with van der Waals surface area (Å²) in [7, 11) is 0. The minimum atomic E-state index is 0. The van der Waals surface area contributed by atoms with Crippen LogP contribution in [0.1, 0.15) is 22.6 Å². The Morgan fingerprint density at radius 2 is 1.96 bits per heavy atom. The minimum Gasteiger partial charge on any atom is -0.357 e. The van der Waals surface area contributed by atoms with Gasteiger partial charge < -0.3 is 15.6 Å². The summed E-state index contributed by atoms with van der Waals surface area (Å²) >= 11 is 1.69. The number of aryl methyl sites for hydroxylation is 1. The zero-order valence-corrected chi connectivity index (χ0v) is 18.0. The predicted octanol–water partition coefficient (Wildman–Crippen LogP) is 3.71. The number of aliphatic imine (C=N–C) groups is 1. The molecule has 138 valence electrons. The number of nitrogens with zero attached hydrogens (tertiary/aromatic N) is 3. The number of guanidine groups is 1. The molecule has 2 heterocycles. The summed E-state index contributed by atoms with van der Waals surface area (Å²) in [5.74, 6) is 1.59. The highest BCUT2D eigenvalue weighted by atomic mass is 127. The second-order valence-electron chi connectivity index (χ2n) is 5.52. The van der Waals surface area contributed by atoms with Crippen molar-refractivity contribution in [2.75, 3.05) is 6.54 Å². The van der Waals surface area contributed by atoms with E-state index in [0.29, 0.717) is 13.1 Å². The molecule has 26 heavy (non-hydrogen) atoms. The van der Waals surface area contributed by atoms with E-state index in [0.717, 1.165) is 34.6 Å². The van der Waals surface area contributed by atoms with E-state index in [9.17, 15) is 0 Å². The molecule has 1 aromatic carbocycles. The van der Waals surface area contributed by atoms with Crippen LogP contribution in [0.15, 0.2) is 47.7 Å². The fourth-order valence-corrected chi connectivity index (χ4v) is 3.07. The molecule has 6 nitrogen and oxygen atoms in total. The molecule has 0 unspecified atom stereocenters. The molecule has 0 saturated carbocycles. The van der Waals surface area contributed by atoms with Gasteiger partial charge >= 0.3 is 0 Å². The van der Waals surface area contributed by atoms with E-state index in [1.54, 1.807) is 11.3 Å². The number of aromatic amines is 1. The highest BCUT2D eigenvalue weighted by Crippen LogP contribution is 2.16. The third-order valence-electron chi connectivity index (χ3n) is 3.52. The number of imidazole rings is 1. The zero-order chi connectivity index (χ0) is 17.5. The van der Waals surface area contributed by atoms with E-state index in [4.69, 9.17) is 0 Å². The summed E-state index contributed by atoms with van der Waals surface area (Å²) in [6.07, 6.45) is 3.73. The van der Waals surface area contributed by atoms with Gasteiger partial charge in [0.15, 0.2) is 5.96 Å². The second kappa shape index (κ2) is 10.3. The Labute approximate surface area is 174 Å². The Hall–Kier alpha value is -1.94. The molecule has 0 aliphatic carbocycles. The van der Waals surface area contributed by atoms with E-state index in [-0.39, 0.29) is 24.0 Å². The zero-order valence-electron chi connectivity index (χ0n) is 14.8. The molecule has 0 aliphatic rings. The maximum atomic E-state index is 4.59. The molecule has 0 spiro atoms. The number of rotatable bonds is 6. The molecule has 0 amide bonds. The topological polar surface area (TPSA) is 78.0 Å². The van der Waals surface area contributed by atoms with E-state index >= 15 is 0 Å². The second-order valence-corrected chi connectivity index (χ2v) is 6.84. The molecule has 0 bridgehead atoms. The third-order valence-corrected chi connectivity index (χ3v) is 4.43. The standard InChI is InChI=1S/C18H22N6S.HI/c1-3-19-18(23-12-17-21-9-13(2)25-17)22-11-16-20-10-15(24-16)14-7-5-4-6-8-14;/h4-10H,3,11-12H2,1-2H3,(H,20,24)(H2,19,22,23);1H. The number of nitrogens with one attached hydrogen (secondary N) is 3. The highest BCUT2D eigenvalue weighted by molar-refractivity contribution is 14.0. The monoisotopic (exact) mass is 482 g/mol. The van der Waals surface area contributed by atoms with Crippen molar-refractivity contribution in [1.82, 2.24) is 25.6 Å².